The minimum absolute atomic E-state index is 0.128. The van der Waals surface area contributed by atoms with Crippen molar-refractivity contribution in [3.63, 3.8) is 0 Å². The van der Waals surface area contributed by atoms with Crippen molar-refractivity contribution in [2.24, 2.45) is 0 Å². The first-order chi connectivity index (χ1) is 13.7. The van der Waals surface area contributed by atoms with E-state index in [-0.39, 0.29) is 22.2 Å². The molecule has 2 aromatic carbocycles. The molecule has 10 heteroatoms. The molecule has 1 heterocycles. The lowest BCUT2D eigenvalue weighted by molar-refractivity contribution is -0.137. The van der Waals surface area contributed by atoms with E-state index in [0.29, 0.717) is 5.56 Å². The summed E-state index contributed by atoms with van der Waals surface area (Å²) < 4.78 is 50.0. The molecule has 0 aliphatic carbocycles. The van der Waals surface area contributed by atoms with E-state index in [4.69, 9.17) is 14.7 Å². The summed E-state index contributed by atoms with van der Waals surface area (Å²) >= 11 is 0.753. The van der Waals surface area contributed by atoms with Crippen LogP contribution in [0.4, 0.5) is 18.0 Å². The van der Waals surface area contributed by atoms with Crippen molar-refractivity contribution < 1.29 is 32.2 Å². The molecule has 1 aliphatic heterocycles. The van der Waals surface area contributed by atoms with Crippen LogP contribution in [0.15, 0.2) is 41.3 Å². The third kappa shape index (κ3) is 4.52. The number of imide groups is 1. The van der Waals surface area contributed by atoms with Gasteiger partial charge < -0.3 is 9.47 Å². The van der Waals surface area contributed by atoms with Crippen molar-refractivity contribution in [1.82, 2.24) is 5.32 Å². The van der Waals surface area contributed by atoms with Crippen LogP contribution in [0, 0.1) is 11.3 Å². The van der Waals surface area contributed by atoms with Gasteiger partial charge in [0.15, 0.2) is 11.5 Å². The average molecular weight is 420 g/mol. The Labute approximate surface area is 166 Å². The van der Waals surface area contributed by atoms with Gasteiger partial charge in [-0.25, -0.2) is 0 Å². The second kappa shape index (κ2) is 7.89. The van der Waals surface area contributed by atoms with Gasteiger partial charge in [0.05, 0.1) is 29.2 Å². The third-order valence-electron chi connectivity index (χ3n) is 3.77. The number of alkyl halides is 3. The van der Waals surface area contributed by atoms with E-state index in [0.717, 1.165) is 23.9 Å². The number of carbonyl (C=O) groups is 2. The van der Waals surface area contributed by atoms with Crippen LogP contribution in [0.5, 0.6) is 17.2 Å². The standard InChI is InChI=1S/C19H11F3N2O4S/c1-27-15-6-10(7-16-17(25)24-18(26)29-16)2-5-14(15)28-12-4-3-11(9-23)13(8-12)19(20,21)22/h2-8H,1H3,(H,24,25,26)/b16-7-. The average Bonchev–Trinajstić information content (AvgIpc) is 2.99. The number of nitriles is 1. The van der Waals surface area contributed by atoms with Gasteiger partial charge in [-0.3, -0.25) is 14.9 Å². The normalized spacial score (nSPS) is 15.2. The van der Waals surface area contributed by atoms with E-state index in [1.165, 1.54) is 37.5 Å². The lowest BCUT2D eigenvalue weighted by atomic mass is 10.1. The van der Waals surface area contributed by atoms with Gasteiger partial charge in [0.25, 0.3) is 11.1 Å². The Balaban J connectivity index is 1.91. The highest BCUT2D eigenvalue weighted by Crippen LogP contribution is 2.38. The number of benzene rings is 2. The van der Waals surface area contributed by atoms with Crippen molar-refractivity contribution in [2.75, 3.05) is 7.11 Å². The van der Waals surface area contributed by atoms with Crippen molar-refractivity contribution in [1.29, 1.82) is 5.26 Å². The number of nitrogens with one attached hydrogen (secondary N) is 1. The maximum Gasteiger partial charge on any atom is 0.417 e. The Hall–Kier alpha value is -3.45. The van der Waals surface area contributed by atoms with Crippen molar-refractivity contribution in [3.8, 4) is 23.3 Å². The minimum Gasteiger partial charge on any atom is -0.493 e. The molecule has 6 nitrogen and oxygen atoms in total. The Bertz CT molecular complexity index is 1070. The van der Waals surface area contributed by atoms with E-state index in [9.17, 15) is 22.8 Å². The summed E-state index contributed by atoms with van der Waals surface area (Å²) in [7, 11) is 1.35. The fourth-order valence-electron chi connectivity index (χ4n) is 2.48. The summed E-state index contributed by atoms with van der Waals surface area (Å²) in [6.07, 6.45) is -3.23. The smallest absolute Gasteiger partial charge is 0.417 e. The van der Waals surface area contributed by atoms with Crippen LogP contribution in [0.2, 0.25) is 0 Å². The zero-order chi connectivity index (χ0) is 21.2. The van der Waals surface area contributed by atoms with E-state index >= 15 is 0 Å². The van der Waals surface area contributed by atoms with E-state index in [2.05, 4.69) is 5.32 Å². The van der Waals surface area contributed by atoms with Gasteiger partial charge >= 0.3 is 6.18 Å². The first-order valence-corrected chi connectivity index (χ1v) is 8.75. The van der Waals surface area contributed by atoms with Gasteiger partial charge in [-0.05, 0) is 53.7 Å². The molecular weight excluding hydrogens is 409 g/mol. The molecule has 2 aromatic rings. The summed E-state index contributed by atoms with van der Waals surface area (Å²) in [6.45, 7) is 0. The number of halogens is 3. The van der Waals surface area contributed by atoms with Crippen LogP contribution >= 0.6 is 11.8 Å². The maximum atomic E-state index is 13.1. The number of rotatable bonds is 4. The topological polar surface area (TPSA) is 88.4 Å². The summed E-state index contributed by atoms with van der Waals surface area (Å²) in [5, 5.41) is 10.5. The highest BCUT2D eigenvalue weighted by molar-refractivity contribution is 8.18. The number of hydrogen-bond acceptors (Lipinski definition) is 6. The molecule has 1 fully saturated rings. The van der Waals surface area contributed by atoms with Gasteiger partial charge in [0, 0.05) is 0 Å². The predicted molar refractivity (Wildman–Crippen MR) is 98.3 cm³/mol. The van der Waals surface area contributed by atoms with Crippen molar-refractivity contribution in [3.05, 3.63) is 58.0 Å². The molecule has 29 heavy (non-hydrogen) atoms. The molecule has 0 unspecified atom stereocenters. The number of carbonyl (C=O) groups excluding carboxylic acids is 2. The lowest BCUT2D eigenvalue weighted by Crippen LogP contribution is -2.17. The summed E-state index contributed by atoms with van der Waals surface area (Å²) in [5.41, 5.74) is -1.09. The molecular formula is C19H11F3N2O4S. The van der Waals surface area contributed by atoms with Crippen molar-refractivity contribution in [2.45, 2.75) is 6.18 Å². The molecule has 0 spiro atoms. The fraction of sp³-hybridized carbons (Fsp3) is 0.105. The van der Waals surface area contributed by atoms with E-state index in [1.807, 2.05) is 0 Å². The number of hydrogen-bond donors (Lipinski definition) is 1. The van der Waals surface area contributed by atoms with Crippen LogP contribution in [-0.4, -0.2) is 18.3 Å². The molecule has 0 saturated carbocycles. The molecule has 2 amide bonds. The highest BCUT2D eigenvalue weighted by Gasteiger charge is 2.34. The Morgan fingerprint density at radius 3 is 2.48 bits per heavy atom. The van der Waals surface area contributed by atoms with Gasteiger partial charge in [-0.1, -0.05) is 6.07 Å². The van der Waals surface area contributed by atoms with Crippen LogP contribution in [-0.2, 0) is 11.0 Å². The second-order valence-electron chi connectivity index (χ2n) is 5.68. The zero-order valence-corrected chi connectivity index (χ0v) is 15.5. The molecule has 148 valence electrons. The first kappa shape index (κ1) is 20.3. The zero-order valence-electron chi connectivity index (χ0n) is 14.7. The molecule has 1 aliphatic rings. The lowest BCUT2D eigenvalue weighted by Gasteiger charge is -2.14. The minimum atomic E-state index is -4.71. The second-order valence-corrected chi connectivity index (χ2v) is 6.70. The highest BCUT2D eigenvalue weighted by atomic mass is 32.2. The van der Waals surface area contributed by atoms with Crippen molar-refractivity contribution >= 4 is 29.0 Å². The molecule has 0 radical (unpaired) electrons. The Morgan fingerprint density at radius 2 is 1.90 bits per heavy atom. The molecule has 0 aromatic heterocycles. The fourth-order valence-corrected chi connectivity index (χ4v) is 3.16. The quantitative estimate of drug-likeness (QED) is 0.722. The van der Waals surface area contributed by atoms with Gasteiger partial charge in [0.1, 0.15) is 5.75 Å². The van der Waals surface area contributed by atoms with Gasteiger partial charge in [0.2, 0.25) is 0 Å². The molecule has 0 atom stereocenters. The summed E-state index contributed by atoms with van der Waals surface area (Å²) in [5.74, 6) is -0.312. The molecule has 3 rings (SSSR count). The maximum absolute atomic E-state index is 13.1. The SMILES string of the molecule is COc1cc(/C=C2\SC(=O)NC2=O)ccc1Oc1ccc(C#N)c(C(F)(F)F)c1. The van der Waals surface area contributed by atoms with E-state index < -0.39 is 28.4 Å². The number of thioether (sulfide) groups is 1. The Morgan fingerprint density at radius 1 is 1.14 bits per heavy atom. The largest absolute Gasteiger partial charge is 0.493 e. The predicted octanol–water partition coefficient (Wildman–Crippen LogP) is 4.70. The van der Waals surface area contributed by atoms with Crippen LogP contribution in [0.25, 0.3) is 6.08 Å². The number of methoxy groups -OCH3 is 1. The number of amides is 2. The summed E-state index contributed by atoms with van der Waals surface area (Å²) in [6, 6.07) is 9.02. The molecule has 1 N–H and O–H groups in total. The summed E-state index contributed by atoms with van der Waals surface area (Å²) in [4.78, 5) is 23.1. The third-order valence-corrected chi connectivity index (χ3v) is 4.58. The monoisotopic (exact) mass is 420 g/mol. The van der Waals surface area contributed by atoms with Crippen LogP contribution in [0.3, 0.4) is 0 Å². The Kier molecular flexibility index (Phi) is 5.52. The van der Waals surface area contributed by atoms with Gasteiger partial charge in [-0.2, -0.15) is 18.4 Å². The first-order valence-electron chi connectivity index (χ1n) is 7.93. The molecule has 0 bridgehead atoms. The van der Waals surface area contributed by atoms with Crippen LogP contribution < -0.4 is 14.8 Å². The number of nitrogens with zero attached hydrogens (tertiary/aromatic N) is 1. The van der Waals surface area contributed by atoms with Gasteiger partial charge in [-0.15, -0.1) is 0 Å². The number of ether oxygens (including phenoxy) is 2. The molecule has 1 saturated heterocycles. The van der Waals surface area contributed by atoms with Crippen LogP contribution in [0.1, 0.15) is 16.7 Å². The van der Waals surface area contributed by atoms with E-state index in [1.54, 1.807) is 6.07 Å².